The first-order chi connectivity index (χ1) is 13.7. The Labute approximate surface area is 170 Å². The smallest absolute Gasteiger partial charge is 0.277 e. The number of hydrogen-bond donors (Lipinski definition) is 2. The minimum Gasteiger partial charge on any atom is -0.492 e. The first kappa shape index (κ1) is 19.1. The summed E-state index contributed by atoms with van der Waals surface area (Å²) in [6.45, 7) is 5.62. The van der Waals surface area contributed by atoms with Gasteiger partial charge >= 0.3 is 0 Å². The van der Waals surface area contributed by atoms with Crippen molar-refractivity contribution in [3.63, 3.8) is 0 Å². The van der Waals surface area contributed by atoms with Gasteiger partial charge in [0.25, 0.3) is 5.91 Å². The molecule has 1 aromatic carbocycles. The van der Waals surface area contributed by atoms with Gasteiger partial charge in [-0.2, -0.15) is 4.98 Å². The van der Waals surface area contributed by atoms with Gasteiger partial charge in [-0.1, -0.05) is 23.9 Å². The van der Waals surface area contributed by atoms with Crippen LogP contribution in [0.25, 0.3) is 11.3 Å². The fourth-order valence-corrected chi connectivity index (χ4v) is 3.89. The normalized spacial score (nSPS) is 17.0. The third kappa shape index (κ3) is 3.60. The Morgan fingerprint density at radius 3 is 2.90 bits per heavy atom. The van der Waals surface area contributed by atoms with Gasteiger partial charge in [0, 0.05) is 28.8 Å². The Hall–Kier alpha value is -3.22. The monoisotopic (exact) mass is 410 g/mol. The molecule has 3 N–H and O–H groups in total. The van der Waals surface area contributed by atoms with Gasteiger partial charge in [-0.3, -0.25) is 4.79 Å². The molecule has 0 radical (unpaired) electrons. The van der Waals surface area contributed by atoms with Gasteiger partial charge in [0.15, 0.2) is 10.6 Å². The molecule has 0 unspecified atom stereocenters. The number of thiazole rings is 1. The second-order valence-electron chi connectivity index (χ2n) is 6.98. The maximum atomic E-state index is 11.6. The van der Waals surface area contributed by atoms with Crippen molar-refractivity contribution in [2.24, 2.45) is 5.73 Å². The first-order valence-electron chi connectivity index (χ1n) is 8.88. The van der Waals surface area contributed by atoms with Crippen LogP contribution in [0.4, 0.5) is 0 Å². The SMILES string of the molecule is Cc1nc([C@](C)(O)C#Cc2ccc3c(c2)-c2nc(C(N)=O)sc2[C@H](C)CO3)no1. The van der Waals surface area contributed by atoms with E-state index in [0.717, 1.165) is 10.4 Å². The summed E-state index contributed by atoms with van der Waals surface area (Å²) in [6.07, 6.45) is 0. The molecule has 0 saturated carbocycles. The molecular weight excluding hydrogens is 392 g/mol. The molecule has 0 bridgehead atoms. The summed E-state index contributed by atoms with van der Waals surface area (Å²) in [6, 6.07) is 5.42. The molecule has 8 nitrogen and oxygen atoms in total. The molecule has 3 heterocycles. The quantitative estimate of drug-likeness (QED) is 0.621. The van der Waals surface area contributed by atoms with Crippen LogP contribution in [0.5, 0.6) is 5.75 Å². The summed E-state index contributed by atoms with van der Waals surface area (Å²) in [5.41, 5.74) is 5.90. The fraction of sp³-hybridized carbons (Fsp3) is 0.300. The number of hydrogen-bond acceptors (Lipinski definition) is 8. The molecule has 3 aromatic rings. The lowest BCUT2D eigenvalue weighted by molar-refractivity contribution is 0.0999. The Morgan fingerprint density at radius 1 is 1.41 bits per heavy atom. The molecule has 0 spiro atoms. The van der Waals surface area contributed by atoms with Gasteiger partial charge in [-0.15, -0.1) is 11.3 Å². The summed E-state index contributed by atoms with van der Waals surface area (Å²) in [4.78, 5) is 21.0. The molecule has 1 amide bonds. The van der Waals surface area contributed by atoms with Crippen LogP contribution in [0.2, 0.25) is 0 Å². The number of aryl methyl sites for hydroxylation is 1. The Kier molecular flexibility index (Phi) is 4.61. The highest BCUT2D eigenvalue weighted by Crippen LogP contribution is 2.41. The molecule has 29 heavy (non-hydrogen) atoms. The first-order valence-corrected chi connectivity index (χ1v) is 9.70. The Balaban J connectivity index is 1.76. The molecule has 0 saturated heterocycles. The number of aliphatic hydroxyl groups is 1. The molecule has 9 heteroatoms. The summed E-state index contributed by atoms with van der Waals surface area (Å²) in [5, 5.41) is 14.5. The van der Waals surface area contributed by atoms with E-state index in [1.54, 1.807) is 19.1 Å². The van der Waals surface area contributed by atoms with Crippen LogP contribution < -0.4 is 10.5 Å². The van der Waals surface area contributed by atoms with Crippen molar-refractivity contribution in [1.29, 1.82) is 0 Å². The molecule has 0 fully saturated rings. The van der Waals surface area contributed by atoms with Crippen LogP contribution in [0.3, 0.4) is 0 Å². The zero-order chi connectivity index (χ0) is 20.8. The number of primary amides is 1. The van der Waals surface area contributed by atoms with E-state index in [9.17, 15) is 9.90 Å². The van der Waals surface area contributed by atoms with E-state index in [-0.39, 0.29) is 16.7 Å². The van der Waals surface area contributed by atoms with E-state index in [0.29, 0.717) is 29.5 Å². The number of benzene rings is 1. The van der Waals surface area contributed by atoms with Gasteiger partial charge in [0.2, 0.25) is 11.7 Å². The third-order valence-corrected chi connectivity index (χ3v) is 5.75. The molecule has 0 aliphatic carbocycles. The van der Waals surface area contributed by atoms with Crippen LogP contribution in [-0.4, -0.2) is 32.7 Å². The maximum Gasteiger partial charge on any atom is 0.277 e. The predicted octanol–water partition coefficient (Wildman–Crippen LogP) is 2.36. The third-order valence-electron chi connectivity index (χ3n) is 4.45. The molecular formula is C20H18N4O4S. The second-order valence-corrected chi connectivity index (χ2v) is 8.01. The number of ether oxygens (including phenoxy) is 1. The van der Waals surface area contributed by atoms with Gasteiger partial charge in [0.05, 0.1) is 12.3 Å². The van der Waals surface area contributed by atoms with Crippen LogP contribution in [0.15, 0.2) is 22.7 Å². The van der Waals surface area contributed by atoms with Crippen LogP contribution in [0, 0.1) is 18.8 Å². The molecule has 2 atom stereocenters. The number of fused-ring (bicyclic) bond motifs is 3. The maximum absolute atomic E-state index is 11.6. The van der Waals surface area contributed by atoms with E-state index in [4.69, 9.17) is 15.0 Å². The molecule has 1 aliphatic heterocycles. The van der Waals surface area contributed by atoms with Crippen LogP contribution in [-0.2, 0) is 5.60 Å². The summed E-state index contributed by atoms with van der Waals surface area (Å²) >= 11 is 1.28. The number of aromatic nitrogens is 3. The zero-order valence-corrected chi connectivity index (χ0v) is 16.8. The number of nitrogens with zero attached hydrogens (tertiary/aromatic N) is 3. The second kappa shape index (κ2) is 6.99. The number of amides is 1. The van der Waals surface area contributed by atoms with Gasteiger partial charge in [0.1, 0.15) is 5.75 Å². The topological polar surface area (TPSA) is 124 Å². The largest absolute Gasteiger partial charge is 0.492 e. The highest BCUT2D eigenvalue weighted by molar-refractivity contribution is 7.14. The average Bonchev–Trinajstić information content (AvgIpc) is 3.29. The van der Waals surface area contributed by atoms with Crippen molar-refractivity contribution in [3.05, 3.63) is 45.4 Å². The lowest BCUT2D eigenvalue weighted by Crippen LogP contribution is -2.20. The van der Waals surface area contributed by atoms with Crippen LogP contribution in [0.1, 0.15) is 51.7 Å². The Morgan fingerprint density at radius 2 is 2.21 bits per heavy atom. The summed E-state index contributed by atoms with van der Waals surface area (Å²) in [7, 11) is 0. The standard InChI is InChI=1S/C20H18N4O4S/c1-10-9-27-14-5-4-12(6-7-20(3,26)19-22-11(2)28-24-19)8-13(14)15-16(10)29-18(23-15)17(21)25/h4-5,8,10,26H,9H2,1-3H3,(H2,21,25)/t10-,20-/m1/s1. The predicted molar refractivity (Wildman–Crippen MR) is 105 cm³/mol. The molecule has 2 aromatic heterocycles. The fourth-order valence-electron chi connectivity index (χ4n) is 2.92. The van der Waals surface area contributed by atoms with E-state index in [1.807, 2.05) is 13.0 Å². The zero-order valence-electron chi connectivity index (χ0n) is 16.0. The average molecular weight is 410 g/mol. The van der Waals surface area contributed by atoms with E-state index in [1.165, 1.54) is 18.3 Å². The minimum atomic E-state index is -1.57. The van der Waals surface area contributed by atoms with Crippen molar-refractivity contribution in [2.75, 3.05) is 6.61 Å². The number of carbonyl (C=O) groups excluding carboxylic acids is 1. The van der Waals surface area contributed by atoms with Gasteiger partial charge in [-0.25, -0.2) is 4.98 Å². The van der Waals surface area contributed by atoms with Crippen molar-refractivity contribution in [3.8, 4) is 28.8 Å². The molecule has 1 aliphatic rings. The van der Waals surface area contributed by atoms with Gasteiger partial charge in [-0.05, 0) is 25.1 Å². The lowest BCUT2D eigenvalue weighted by Gasteiger charge is -2.10. The van der Waals surface area contributed by atoms with E-state index in [2.05, 4.69) is 27.0 Å². The highest BCUT2D eigenvalue weighted by atomic mass is 32.1. The molecule has 4 rings (SSSR count). The van der Waals surface area contributed by atoms with Crippen molar-refractivity contribution in [2.45, 2.75) is 32.3 Å². The number of carbonyl (C=O) groups is 1. The number of rotatable bonds is 2. The lowest BCUT2D eigenvalue weighted by atomic mass is 10.0. The highest BCUT2D eigenvalue weighted by Gasteiger charge is 2.28. The minimum absolute atomic E-state index is 0.0692. The summed E-state index contributed by atoms with van der Waals surface area (Å²) in [5.74, 6) is 6.33. The summed E-state index contributed by atoms with van der Waals surface area (Å²) < 4.78 is 10.8. The van der Waals surface area contributed by atoms with Crippen molar-refractivity contribution in [1.82, 2.24) is 15.1 Å². The van der Waals surface area contributed by atoms with Crippen LogP contribution >= 0.6 is 11.3 Å². The molecule has 148 valence electrons. The van der Waals surface area contributed by atoms with Crippen molar-refractivity contribution >= 4 is 17.2 Å². The van der Waals surface area contributed by atoms with Crippen molar-refractivity contribution < 1.29 is 19.2 Å². The van der Waals surface area contributed by atoms with Gasteiger partial charge < -0.3 is 20.1 Å². The Bertz CT molecular complexity index is 1170. The van der Waals surface area contributed by atoms with E-state index < -0.39 is 11.5 Å². The van der Waals surface area contributed by atoms with E-state index >= 15 is 0 Å². The number of nitrogens with two attached hydrogens (primary N) is 1.